The molecule has 0 saturated heterocycles. The van der Waals surface area contributed by atoms with Crippen molar-refractivity contribution in [2.24, 2.45) is 5.10 Å². The van der Waals surface area contributed by atoms with Crippen molar-refractivity contribution in [2.45, 2.75) is 26.1 Å². The highest BCUT2D eigenvalue weighted by atomic mass is 16.5. The third-order valence-electron chi connectivity index (χ3n) is 3.22. The summed E-state index contributed by atoms with van der Waals surface area (Å²) >= 11 is 0. The number of nitrogens with zero attached hydrogens (tertiary/aromatic N) is 1. The molecule has 0 spiro atoms. The van der Waals surface area contributed by atoms with Crippen LogP contribution in [-0.4, -0.2) is 25.3 Å². The van der Waals surface area contributed by atoms with E-state index in [0.29, 0.717) is 0 Å². The second-order valence-corrected chi connectivity index (χ2v) is 5.50. The third kappa shape index (κ3) is 5.21. The molecule has 0 aliphatic carbocycles. The van der Waals surface area contributed by atoms with Crippen molar-refractivity contribution in [2.75, 3.05) is 7.11 Å². The molecule has 0 heterocycles. The molecule has 0 saturated carbocycles. The molecule has 0 aromatic heterocycles. The molecule has 5 heteroatoms. The Morgan fingerprint density at radius 1 is 1.08 bits per heavy atom. The molecule has 0 aliphatic heterocycles. The molecule has 2 aromatic rings. The summed E-state index contributed by atoms with van der Waals surface area (Å²) in [5, 5.41) is 3.98. The van der Waals surface area contributed by atoms with E-state index in [2.05, 4.69) is 10.5 Å². The van der Waals surface area contributed by atoms with E-state index < -0.39 is 6.10 Å². The monoisotopic (exact) mass is 326 g/mol. The largest absolute Gasteiger partial charge is 0.491 e. The van der Waals surface area contributed by atoms with Gasteiger partial charge in [0.2, 0.25) is 0 Å². The van der Waals surface area contributed by atoms with Gasteiger partial charge in [0.1, 0.15) is 5.75 Å². The van der Waals surface area contributed by atoms with Gasteiger partial charge in [-0.15, -0.1) is 0 Å². The normalized spacial score (nSPS) is 12.3. The van der Waals surface area contributed by atoms with Gasteiger partial charge in [-0.3, -0.25) is 4.79 Å². The Hall–Kier alpha value is -2.66. The summed E-state index contributed by atoms with van der Waals surface area (Å²) in [4.78, 5) is 12.2. The molecule has 0 radical (unpaired) electrons. The van der Waals surface area contributed by atoms with Crippen LogP contribution in [-0.2, 0) is 9.53 Å². The van der Waals surface area contributed by atoms with E-state index in [1.54, 1.807) is 6.21 Å². The van der Waals surface area contributed by atoms with Crippen molar-refractivity contribution in [1.82, 2.24) is 5.43 Å². The quantitative estimate of drug-likeness (QED) is 0.627. The smallest absolute Gasteiger partial charge is 0.273 e. The number of rotatable bonds is 7. The molecule has 0 aliphatic rings. The molecule has 1 amide bonds. The molecule has 1 atom stereocenters. The second kappa shape index (κ2) is 8.84. The summed E-state index contributed by atoms with van der Waals surface area (Å²) in [5.74, 6) is 0.481. The molecule has 24 heavy (non-hydrogen) atoms. The van der Waals surface area contributed by atoms with Crippen molar-refractivity contribution in [3.8, 4) is 5.75 Å². The zero-order valence-electron chi connectivity index (χ0n) is 14.1. The number of ether oxygens (including phenoxy) is 2. The Morgan fingerprint density at radius 3 is 2.33 bits per heavy atom. The molecule has 2 aromatic carbocycles. The van der Waals surface area contributed by atoms with Crippen molar-refractivity contribution < 1.29 is 14.3 Å². The number of methoxy groups -OCH3 is 1. The molecular formula is C19H22N2O3. The lowest BCUT2D eigenvalue weighted by molar-refractivity contribution is -0.131. The van der Waals surface area contributed by atoms with Crippen LogP contribution in [0.5, 0.6) is 5.75 Å². The summed E-state index contributed by atoms with van der Waals surface area (Å²) in [7, 11) is 1.49. The number of carbonyl (C=O) groups excluding carboxylic acids is 1. The highest BCUT2D eigenvalue weighted by Gasteiger charge is 2.18. The molecule has 5 nitrogen and oxygen atoms in total. The van der Waals surface area contributed by atoms with Gasteiger partial charge in [-0.2, -0.15) is 5.10 Å². The number of benzene rings is 2. The van der Waals surface area contributed by atoms with E-state index in [-0.39, 0.29) is 12.0 Å². The number of hydrogen-bond acceptors (Lipinski definition) is 4. The summed E-state index contributed by atoms with van der Waals surface area (Å²) in [6, 6.07) is 16.8. The van der Waals surface area contributed by atoms with Gasteiger partial charge >= 0.3 is 0 Å². The van der Waals surface area contributed by atoms with Crippen molar-refractivity contribution in [3.63, 3.8) is 0 Å². The Kier molecular flexibility index (Phi) is 6.51. The van der Waals surface area contributed by atoms with E-state index in [1.165, 1.54) is 7.11 Å². The summed E-state index contributed by atoms with van der Waals surface area (Å²) in [5.41, 5.74) is 4.14. The zero-order chi connectivity index (χ0) is 17.4. The van der Waals surface area contributed by atoms with Crippen LogP contribution < -0.4 is 10.2 Å². The molecule has 0 bridgehead atoms. The van der Waals surface area contributed by atoms with Crippen LogP contribution in [0.25, 0.3) is 0 Å². The van der Waals surface area contributed by atoms with Gasteiger partial charge in [0, 0.05) is 7.11 Å². The fourth-order valence-corrected chi connectivity index (χ4v) is 2.16. The number of hydrazone groups is 1. The van der Waals surface area contributed by atoms with Gasteiger partial charge in [-0.1, -0.05) is 30.3 Å². The lowest BCUT2D eigenvalue weighted by Crippen LogP contribution is -2.26. The summed E-state index contributed by atoms with van der Waals surface area (Å²) in [6.07, 6.45) is 1.02. The van der Waals surface area contributed by atoms with Gasteiger partial charge in [-0.05, 0) is 49.2 Å². The molecule has 0 fully saturated rings. The minimum atomic E-state index is -0.690. The van der Waals surface area contributed by atoms with Crippen LogP contribution in [0.1, 0.15) is 31.1 Å². The standard InChI is InChI=1S/C19H22N2O3/c1-14(2)24-17-11-9-15(10-12-17)13-20-21-19(22)18(23-3)16-7-5-4-6-8-16/h4-14,18H,1-3H3,(H,21,22)/b20-13-/t18-/m1/s1. The van der Waals surface area contributed by atoms with Crippen molar-refractivity contribution in [3.05, 3.63) is 65.7 Å². The van der Waals surface area contributed by atoms with Crippen LogP contribution in [0.2, 0.25) is 0 Å². The maximum atomic E-state index is 12.2. The number of nitrogens with one attached hydrogen (secondary N) is 1. The lowest BCUT2D eigenvalue weighted by Gasteiger charge is -2.13. The predicted molar refractivity (Wildman–Crippen MR) is 94.1 cm³/mol. The highest BCUT2D eigenvalue weighted by Crippen LogP contribution is 2.16. The maximum Gasteiger partial charge on any atom is 0.273 e. The first-order valence-electron chi connectivity index (χ1n) is 7.77. The number of carbonyl (C=O) groups is 1. The second-order valence-electron chi connectivity index (χ2n) is 5.50. The van der Waals surface area contributed by atoms with E-state index in [1.807, 2.05) is 68.4 Å². The fraction of sp³-hybridized carbons (Fsp3) is 0.263. The van der Waals surface area contributed by atoms with E-state index in [0.717, 1.165) is 16.9 Å². The maximum absolute atomic E-state index is 12.2. The average Bonchev–Trinajstić information content (AvgIpc) is 2.58. The van der Waals surface area contributed by atoms with Crippen LogP contribution in [0.3, 0.4) is 0 Å². The van der Waals surface area contributed by atoms with Gasteiger partial charge in [0.25, 0.3) is 5.91 Å². The molecule has 2 rings (SSSR count). The van der Waals surface area contributed by atoms with Crippen LogP contribution in [0, 0.1) is 0 Å². The van der Waals surface area contributed by atoms with E-state index >= 15 is 0 Å². The Balaban J connectivity index is 1.94. The van der Waals surface area contributed by atoms with E-state index in [4.69, 9.17) is 9.47 Å². The van der Waals surface area contributed by atoms with Crippen molar-refractivity contribution in [1.29, 1.82) is 0 Å². The van der Waals surface area contributed by atoms with E-state index in [9.17, 15) is 4.79 Å². The molecule has 126 valence electrons. The zero-order valence-corrected chi connectivity index (χ0v) is 14.1. The SMILES string of the molecule is CO[C@@H](C(=O)N/N=C\c1ccc(OC(C)C)cc1)c1ccccc1. The predicted octanol–water partition coefficient (Wildman–Crippen LogP) is 3.31. The Morgan fingerprint density at radius 2 is 1.75 bits per heavy atom. The number of hydrogen-bond donors (Lipinski definition) is 1. The topological polar surface area (TPSA) is 59.9 Å². The van der Waals surface area contributed by atoms with Gasteiger partial charge in [0.15, 0.2) is 6.10 Å². The molecular weight excluding hydrogens is 304 g/mol. The lowest BCUT2D eigenvalue weighted by atomic mass is 10.1. The van der Waals surface area contributed by atoms with Gasteiger partial charge in [-0.25, -0.2) is 5.43 Å². The first-order chi connectivity index (χ1) is 11.6. The molecule has 1 N–H and O–H groups in total. The first kappa shape index (κ1) is 17.7. The third-order valence-corrected chi connectivity index (χ3v) is 3.22. The Bertz CT molecular complexity index is 667. The molecule has 0 unspecified atom stereocenters. The van der Waals surface area contributed by atoms with Gasteiger partial charge < -0.3 is 9.47 Å². The highest BCUT2D eigenvalue weighted by molar-refractivity contribution is 5.85. The van der Waals surface area contributed by atoms with Crippen LogP contribution >= 0.6 is 0 Å². The number of amides is 1. The summed E-state index contributed by atoms with van der Waals surface area (Å²) < 4.78 is 10.8. The first-order valence-corrected chi connectivity index (χ1v) is 7.77. The van der Waals surface area contributed by atoms with Gasteiger partial charge in [0.05, 0.1) is 12.3 Å². The summed E-state index contributed by atoms with van der Waals surface area (Å²) in [6.45, 7) is 3.95. The van der Waals surface area contributed by atoms with Crippen LogP contribution in [0.4, 0.5) is 0 Å². The van der Waals surface area contributed by atoms with Crippen molar-refractivity contribution >= 4 is 12.1 Å². The average molecular weight is 326 g/mol. The van der Waals surface area contributed by atoms with Crippen LogP contribution in [0.15, 0.2) is 59.7 Å². The Labute approximate surface area is 142 Å². The fourth-order valence-electron chi connectivity index (χ4n) is 2.16. The minimum Gasteiger partial charge on any atom is -0.491 e. The minimum absolute atomic E-state index is 0.132.